The monoisotopic (exact) mass is 274 g/mol. The smallest absolute Gasteiger partial charge is 0.308 e. The molecule has 3 rings (SSSR count). The minimum Gasteiger partial charge on any atom is -0.469 e. The van der Waals surface area contributed by atoms with E-state index in [2.05, 4.69) is 15.4 Å². The molecule has 1 aliphatic rings. The van der Waals surface area contributed by atoms with Crippen LogP contribution in [0.3, 0.4) is 0 Å². The van der Waals surface area contributed by atoms with E-state index in [1.807, 2.05) is 23.7 Å². The van der Waals surface area contributed by atoms with E-state index in [1.54, 1.807) is 6.20 Å². The number of anilines is 1. The molecule has 0 saturated heterocycles. The number of hydrogen-bond donors (Lipinski definition) is 1. The Morgan fingerprint density at radius 3 is 3.15 bits per heavy atom. The molecule has 6 nitrogen and oxygen atoms in total. The number of fused-ring (bicyclic) bond motifs is 1. The molecule has 20 heavy (non-hydrogen) atoms. The van der Waals surface area contributed by atoms with Gasteiger partial charge in [0.2, 0.25) is 0 Å². The van der Waals surface area contributed by atoms with Crippen molar-refractivity contribution < 1.29 is 9.53 Å². The maximum Gasteiger partial charge on any atom is 0.308 e. The molecule has 0 unspecified atom stereocenters. The Morgan fingerprint density at radius 1 is 1.50 bits per heavy atom. The highest BCUT2D eigenvalue weighted by atomic mass is 16.5. The summed E-state index contributed by atoms with van der Waals surface area (Å²) in [5.41, 5.74) is 1.92. The summed E-state index contributed by atoms with van der Waals surface area (Å²) in [6, 6.07) is 2.26. The van der Waals surface area contributed by atoms with Crippen LogP contribution >= 0.6 is 0 Å². The largest absolute Gasteiger partial charge is 0.469 e. The summed E-state index contributed by atoms with van der Waals surface area (Å²) in [4.78, 5) is 15.9. The van der Waals surface area contributed by atoms with E-state index in [4.69, 9.17) is 4.74 Å². The molecule has 0 aromatic carbocycles. The van der Waals surface area contributed by atoms with Crippen molar-refractivity contribution in [2.24, 2.45) is 5.92 Å². The highest BCUT2D eigenvalue weighted by Gasteiger charge is 2.31. The average molecular weight is 274 g/mol. The number of hydrogen-bond acceptors (Lipinski definition) is 5. The maximum absolute atomic E-state index is 11.5. The predicted octanol–water partition coefficient (Wildman–Crippen LogP) is 1.79. The van der Waals surface area contributed by atoms with E-state index in [9.17, 15) is 4.79 Å². The summed E-state index contributed by atoms with van der Waals surface area (Å²) in [6.45, 7) is 1.96. The number of carbonyl (C=O) groups is 1. The molecule has 1 N–H and O–H groups in total. The maximum atomic E-state index is 11.5. The van der Waals surface area contributed by atoms with Crippen molar-refractivity contribution in [3.8, 4) is 0 Å². The molecule has 0 spiro atoms. The van der Waals surface area contributed by atoms with Crippen LogP contribution < -0.4 is 5.32 Å². The lowest BCUT2D eigenvalue weighted by Crippen LogP contribution is -2.19. The van der Waals surface area contributed by atoms with E-state index >= 15 is 0 Å². The van der Waals surface area contributed by atoms with Crippen molar-refractivity contribution in [1.29, 1.82) is 0 Å². The van der Waals surface area contributed by atoms with Crippen molar-refractivity contribution in [3.63, 3.8) is 0 Å². The molecule has 0 aliphatic heterocycles. The Labute approximate surface area is 117 Å². The number of methoxy groups -OCH3 is 1. The van der Waals surface area contributed by atoms with E-state index in [0.29, 0.717) is 0 Å². The van der Waals surface area contributed by atoms with Gasteiger partial charge in [0.15, 0.2) is 5.82 Å². The van der Waals surface area contributed by atoms with Crippen LogP contribution in [0.15, 0.2) is 18.5 Å². The van der Waals surface area contributed by atoms with Gasteiger partial charge in [-0.15, -0.1) is 0 Å². The molecule has 0 amide bonds. The number of rotatable bonds is 3. The molecular formula is C14H18N4O2. The predicted molar refractivity (Wildman–Crippen MR) is 74.5 cm³/mol. The topological polar surface area (TPSA) is 68.5 Å². The van der Waals surface area contributed by atoms with Crippen LogP contribution in [0.1, 0.15) is 25.0 Å². The number of aryl methyl sites for hydroxylation is 1. The standard InChI is InChI=1S/C14H18N4O2/c1-9-7-12-13(15-5-6-18(12)17-9)16-11-4-3-10(8-11)14(19)20-2/h5-7,10-11H,3-4,8H2,1-2H3,(H,15,16)/t10-,11+/m0/s1. The molecular weight excluding hydrogens is 256 g/mol. The molecule has 6 heteroatoms. The van der Waals surface area contributed by atoms with Crippen LogP contribution in [0.4, 0.5) is 5.82 Å². The minimum absolute atomic E-state index is 0.00359. The second-order valence-electron chi connectivity index (χ2n) is 5.27. The number of ether oxygens (including phenoxy) is 1. The van der Waals surface area contributed by atoms with Gasteiger partial charge >= 0.3 is 5.97 Å². The first-order chi connectivity index (χ1) is 9.67. The summed E-state index contributed by atoms with van der Waals surface area (Å²) in [7, 11) is 1.44. The van der Waals surface area contributed by atoms with Crippen LogP contribution in [0.2, 0.25) is 0 Å². The first kappa shape index (κ1) is 12.9. The van der Waals surface area contributed by atoms with Crippen molar-refractivity contribution in [3.05, 3.63) is 24.2 Å². The summed E-state index contributed by atoms with van der Waals surface area (Å²) >= 11 is 0. The highest BCUT2D eigenvalue weighted by molar-refractivity contribution is 5.73. The van der Waals surface area contributed by atoms with Gasteiger partial charge < -0.3 is 10.1 Å². The van der Waals surface area contributed by atoms with Gasteiger partial charge in [-0.05, 0) is 32.3 Å². The average Bonchev–Trinajstić information content (AvgIpc) is 3.04. The first-order valence-electron chi connectivity index (χ1n) is 6.82. The van der Waals surface area contributed by atoms with Crippen LogP contribution in [-0.2, 0) is 9.53 Å². The molecule has 1 saturated carbocycles. The van der Waals surface area contributed by atoms with Gasteiger partial charge in [-0.1, -0.05) is 0 Å². The molecule has 2 aromatic rings. The number of nitrogens with one attached hydrogen (secondary N) is 1. The zero-order chi connectivity index (χ0) is 14.1. The molecule has 0 bridgehead atoms. The molecule has 2 heterocycles. The summed E-state index contributed by atoms with van der Waals surface area (Å²) < 4.78 is 6.63. The minimum atomic E-state index is -0.110. The lowest BCUT2D eigenvalue weighted by molar-refractivity contribution is -0.145. The molecule has 1 aliphatic carbocycles. The van der Waals surface area contributed by atoms with Crippen molar-refractivity contribution in [2.45, 2.75) is 32.2 Å². The zero-order valence-electron chi connectivity index (χ0n) is 11.7. The Hall–Kier alpha value is -2.11. The Kier molecular flexibility index (Phi) is 3.30. The van der Waals surface area contributed by atoms with Gasteiger partial charge in [-0.3, -0.25) is 4.79 Å². The highest BCUT2D eigenvalue weighted by Crippen LogP contribution is 2.29. The lowest BCUT2D eigenvalue weighted by atomic mass is 10.1. The summed E-state index contributed by atoms with van der Waals surface area (Å²) in [5, 5.41) is 7.79. The fourth-order valence-electron chi connectivity index (χ4n) is 2.84. The van der Waals surface area contributed by atoms with Crippen molar-refractivity contribution in [1.82, 2.24) is 14.6 Å². The Balaban J connectivity index is 1.76. The molecule has 1 fully saturated rings. The number of esters is 1. The van der Waals surface area contributed by atoms with Crippen LogP contribution in [0.25, 0.3) is 5.52 Å². The zero-order valence-corrected chi connectivity index (χ0v) is 11.7. The number of carbonyl (C=O) groups excluding carboxylic acids is 1. The molecule has 2 atom stereocenters. The van der Waals surface area contributed by atoms with E-state index < -0.39 is 0 Å². The quantitative estimate of drug-likeness (QED) is 0.864. The molecule has 0 radical (unpaired) electrons. The van der Waals surface area contributed by atoms with E-state index in [-0.39, 0.29) is 17.9 Å². The van der Waals surface area contributed by atoms with Crippen LogP contribution in [-0.4, -0.2) is 33.7 Å². The Morgan fingerprint density at radius 2 is 2.35 bits per heavy atom. The third-order valence-corrected chi connectivity index (χ3v) is 3.82. The summed E-state index contributed by atoms with van der Waals surface area (Å²) in [6.07, 6.45) is 6.18. The summed E-state index contributed by atoms with van der Waals surface area (Å²) in [5.74, 6) is 0.716. The fourth-order valence-corrected chi connectivity index (χ4v) is 2.84. The van der Waals surface area contributed by atoms with Crippen LogP contribution in [0.5, 0.6) is 0 Å². The lowest BCUT2D eigenvalue weighted by Gasteiger charge is -2.14. The number of aromatic nitrogens is 3. The second-order valence-corrected chi connectivity index (χ2v) is 5.27. The molecule has 2 aromatic heterocycles. The third kappa shape index (κ3) is 2.33. The van der Waals surface area contributed by atoms with Crippen molar-refractivity contribution >= 4 is 17.3 Å². The van der Waals surface area contributed by atoms with Gasteiger partial charge in [-0.2, -0.15) is 5.10 Å². The first-order valence-corrected chi connectivity index (χ1v) is 6.82. The molecule has 106 valence electrons. The van der Waals surface area contributed by atoms with Gasteiger partial charge in [0.05, 0.1) is 18.7 Å². The third-order valence-electron chi connectivity index (χ3n) is 3.82. The van der Waals surface area contributed by atoms with Crippen molar-refractivity contribution in [2.75, 3.05) is 12.4 Å². The van der Waals surface area contributed by atoms with E-state index in [1.165, 1.54) is 7.11 Å². The van der Waals surface area contributed by atoms with Gasteiger partial charge in [-0.25, -0.2) is 9.50 Å². The SMILES string of the molecule is COC(=O)[C@H]1CC[C@@H](Nc2nccn3nc(C)cc23)C1. The van der Waals surface area contributed by atoms with Gasteiger partial charge in [0.1, 0.15) is 5.52 Å². The van der Waals surface area contributed by atoms with Gasteiger partial charge in [0.25, 0.3) is 0 Å². The Bertz CT molecular complexity index is 637. The van der Waals surface area contributed by atoms with Gasteiger partial charge in [0, 0.05) is 18.4 Å². The number of nitrogens with zero attached hydrogens (tertiary/aromatic N) is 3. The van der Waals surface area contributed by atoms with E-state index in [0.717, 1.165) is 36.3 Å². The second kappa shape index (κ2) is 5.11. The van der Waals surface area contributed by atoms with Crippen LogP contribution in [0, 0.1) is 12.8 Å². The fraction of sp³-hybridized carbons (Fsp3) is 0.500. The normalized spacial score (nSPS) is 22.1.